The van der Waals surface area contributed by atoms with E-state index in [1.165, 1.54) is 18.2 Å². The molecule has 110 valence electrons. The van der Waals surface area contributed by atoms with Crippen molar-refractivity contribution in [3.8, 4) is 0 Å². The van der Waals surface area contributed by atoms with Crippen LogP contribution in [0, 0.1) is 5.82 Å². The van der Waals surface area contributed by atoms with Gasteiger partial charge in [0.15, 0.2) is 0 Å². The summed E-state index contributed by atoms with van der Waals surface area (Å²) in [6.45, 7) is -0.0291. The molecule has 7 heteroatoms. The van der Waals surface area contributed by atoms with Crippen molar-refractivity contribution in [3.63, 3.8) is 0 Å². The molecule has 2 rings (SSSR count). The molecule has 0 aliphatic rings. The van der Waals surface area contributed by atoms with Crippen LogP contribution in [-0.4, -0.2) is 6.03 Å². The zero-order valence-corrected chi connectivity index (χ0v) is 12.9. The summed E-state index contributed by atoms with van der Waals surface area (Å²) in [6, 6.07) is 8.50. The first-order valence-electron chi connectivity index (χ1n) is 5.90. The third kappa shape index (κ3) is 4.24. The highest BCUT2D eigenvalue weighted by molar-refractivity contribution is 6.42. The number of nitrogens with one attached hydrogen (secondary N) is 2. The monoisotopic (exact) mass is 346 g/mol. The van der Waals surface area contributed by atoms with Crippen molar-refractivity contribution in [2.45, 2.75) is 6.54 Å². The lowest BCUT2D eigenvalue weighted by atomic mass is 10.2. The van der Waals surface area contributed by atoms with Gasteiger partial charge in [-0.1, -0.05) is 40.9 Å². The first-order valence-corrected chi connectivity index (χ1v) is 7.03. The van der Waals surface area contributed by atoms with Crippen LogP contribution >= 0.6 is 34.8 Å². The number of carbonyl (C=O) groups excluding carboxylic acids is 1. The molecule has 0 radical (unpaired) electrons. The van der Waals surface area contributed by atoms with E-state index in [2.05, 4.69) is 10.6 Å². The van der Waals surface area contributed by atoms with Gasteiger partial charge in [0.05, 0.1) is 10.0 Å². The fraction of sp³-hybridized carbons (Fsp3) is 0.0714. The van der Waals surface area contributed by atoms with Gasteiger partial charge in [-0.2, -0.15) is 0 Å². The zero-order chi connectivity index (χ0) is 15.4. The molecule has 2 aromatic rings. The topological polar surface area (TPSA) is 41.1 Å². The molecule has 0 unspecified atom stereocenters. The van der Waals surface area contributed by atoms with Gasteiger partial charge in [0.2, 0.25) is 0 Å². The summed E-state index contributed by atoms with van der Waals surface area (Å²) >= 11 is 17.5. The Morgan fingerprint density at radius 3 is 2.48 bits per heavy atom. The highest BCUT2D eigenvalue weighted by Crippen LogP contribution is 2.25. The van der Waals surface area contributed by atoms with Crippen molar-refractivity contribution < 1.29 is 9.18 Å². The lowest BCUT2D eigenvalue weighted by molar-refractivity contribution is 0.251. The lowest BCUT2D eigenvalue weighted by Crippen LogP contribution is -2.28. The van der Waals surface area contributed by atoms with Gasteiger partial charge in [0.1, 0.15) is 5.82 Å². The Balaban J connectivity index is 1.97. The number of urea groups is 1. The third-order valence-corrected chi connectivity index (χ3v) is 3.76. The second kappa shape index (κ2) is 6.98. The molecule has 0 aliphatic carbocycles. The molecule has 0 fully saturated rings. The quantitative estimate of drug-likeness (QED) is 0.796. The SMILES string of the molecule is O=C(NCc1c(F)cccc1Cl)Nc1ccc(Cl)c(Cl)c1. The van der Waals surface area contributed by atoms with Gasteiger partial charge in [-0.05, 0) is 30.3 Å². The fourth-order valence-corrected chi connectivity index (χ4v) is 2.15. The van der Waals surface area contributed by atoms with Crippen molar-refractivity contribution in [2.75, 3.05) is 5.32 Å². The average molecular weight is 348 g/mol. The lowest BCUT2D eigenvalue weighted by Gasteiger charge is -2.10. The van der Waals surface area contributed by atoms with Crippen LogP contribution in [0.1, 0.15) is 5.56 Å². The molecule has 0 saturated heterocycles. The molecular weight excluding hydrogens is 338 g/mol. The molecule has 0 atom stereocenters. The van der Waals surface area contributed by atoms with Gasteiger partial charge < -0.3 is 10.6 Å². The van der Waals surface area contributed by atoms with Crippen LogP contribution < -0.4 is 10.6 Å². The van der Waals surface area contributed by atoms with Gasteiger partial charge >= 0.3 is 6.03 Å². The second-order valence-corrected chi connectivity index (χ2v) is 5.36. The summed E-state index contributed by atoms with van der Waals surface area (Å²) in [5.74, 6) is -0.475. The number of hydrogen-bond donors (Lipinski definition) is 2. The summed E-state index contributed by atoms with van der Waals surface area (Å²) in [5, 5.41) is 6.04. The normalized spacial score (nSPS) is 10.3. The maximum Gasteiger partial charge on any atom is 0.319 e. The molecule has 2 aromatic carbocycles. The van der Waals surface area contributed by atoms with Gasteiger partial charge in [0.25, 0.3) is 0 Å². The van der Waals surface area contributed by atoms with E-state index in [4.69, 9.17) is 34.8 Å². The smallest absolute Gasteiger partial charge is 0.319 e. The Morgan fingerprint density at radius 2 is 1.81 bits per heavy atom. The van der Waals surface area contributed by atoms with Crippen LogP contribution in [0.5, 0.6) is 0 Å². The molecule has 0 aliphatic heterocycles. The maximum absolute atomic E-state index is 13.5. The Bertz CT molecular complexity index is 659. The predicted molar refractivity (Wildman–Crippen MR) is 83.7 cm³/mol. The minimum atomic E-state index is -0.507. The van der Waals surface area contributed by atoms with Crippen molar-refractivity contribution in [1.29, 1.82) is 0 Å². The fourth-order valence-electron chi connectivity index (χ4n) is 1.62. The summed E-state index contributed by atoms with van der Waals surface area (Å²) in [7, 11) is 0. The highest BCUT2D eigenvalue weighted by Gasteiger charge is 2.09. The Hall–Kier alpha value is -1.49. The molecular formula is C14H10Cl3FN2O. The van der Waals surface area contributed by atoms with E-state index in [-0.39, 0.29) is 17.1 Å². The van der Waals surface area contributed by atoms with E-state index in [0.717, 1.165) is 0 Å². The Morgan fingerprint density at radius 1 is 1.05 bits per heavy atom. The number of amides is 2. The summed E-state index contributed by atoms with van der Waals surface area (Å²) in [6.07, 6.45) is 0. The van der Waals surface area contributed by atoms with E-state index < -0.39 is 11.8 Å². The third-order valence-electron chi connectivity index (χ3n) is 2.66. The minimum absolute atomic E-state index is 0.0291. The van der Waals surface area contributed by atoms with E-state index in [9.17, 15) is 9.18 Å². The van der Waals surface area contributed by atoms with Crippen molar-refractivity contribution in [1.82, 2.24) is 5.32 Å². The van der Waals surface area contributed by atoms with Gasteiger partial charge in [-0.25, -0.2) is 9.18 Å². The maximum atomic E-state index is 13.5. The molecule has 3 nitrogen and oxygen atoms in total. The van der Waals surface area contributed by atoms with Gasteiger partial charge in [-0.3, -0.25) is 0 Å². The summed E-state index contributed by atoms with van der Waals surface area (Å²) < 4.78 is 13.5. The highest BCUT2D eigenvalue weighted by atomic mass is 35.5. The van der Waals surface area contributed by atoms with Crippen LogP contribution in [0.3, 0.4) is 0 Å². The molecule has 0 heterocycles. The van der Waals surface area contributed by atoms with Crippen LogP contribution in [-0.2, 0) is 6.54 Å². The molecule has 0 saturated carbocycles. The molecule has 0 aromatic heterocycles. The molecule has 2 amide bonds. The summed E-state index contributed by atoms with van der Waals surface area (Å²) in [4.78, 5) is 11.7. The first-order chi connectivity index (χ1) is 9.97. The van der Waals surface area contributed by atoms with Crippen LogP contribution in [0.25, 0.3) is 0 Å². The number of carbonyl (C=O) groups is 1. The van der Waals surface area contributed by atoms with Gasteiger partial charge in [-0.15, -0.1) is 0 Å². The van der Waals surface area contributed by atoms with E-state index in [0.29, 0.717) is 15.7 Å². The number of hydrogen-bond acceptors (Lipinski definition) is 1. The largest absolute Gasteiger partial charge is 0.334 e. The molecule has 0 bridgehead atoms. The predicted octanol–water partition coefficient (Wildman–Crippen LogP) is 5.11. The number of rotatable bonds is 3. The average Bonchev–Trinajstić information content (AvgIpc) is 2.42. The van der Waals surface area contributed by atoms with Crippen LogP contribution in [0.2, 0.25) is 15.1 Å². The standard InChI is InChI=1S/C14H10Cl3FN2O/c15-10-2-1-3-13(18)9(10)7-19-14(21)20-8-4-5-11(16)12(17)6-8/h1-6H,7H2,(H2,19,20,21). The number of anilines is 1. The zero-order valence-electron chi connectivity index (χ0n) is 10.6. The van der Waals surface area contributed by atoms with Crippen molar-refractivity contribution in [3.05, 3.63) is 62.8 Å². The Kier molecular flexibility index (Phi) is 5.28. The van der Waals surface area contributed by atoms with Crippen LogP contribution in [0.4, 0.5) is 14.9 Å². The minimum Gasteiger partial charge on any atom is -0.334 e. The van der Waals surface area contributed by atoms with E-state index >= 15 is 0 Å². The Labute approximate surface area is 136 Å². The van der Waals surface area contributed by atoms with Crippen LogP contribution in [0.15, 0.2) is 36.4 Å². The van der Waals surface area contributed by atoms with E-state index in [1.807, 2.05) is 0 Å². The van der Waals surface area contributed by atoms with E-state index in [1.54, 1.807) is 18.2 Å². The van der Waals surface area contributed by atoms with Crippen molar-refractivity contribution >= 4 is 46.5 Å². The number of halogens is 4. The molecule has 21 heavy (non-hydrogen) atoms. The number of benzene rings is 2. The first kappa shape index (κ1) is 15.9. The molecule has 2 N–H and O–H groups in total. The van der Waals surface area contributed by atoms with Crippen molar-refractivity contribution in [2.24, 2.45) is 0 Å². The summed E-state index contributed by atoms with van der Waals surface area (Å²) in [5.41, 5.74) is 0.699. The molecule has 0 spiro atoms. The second-order valence-electron chi connectivity index (χ2n) is 4.14. The van der Waals surface area contributed by atoms with Gasteiger partial charge in [0, 0.05) is 22.8 Å².